The third-order valence-corrected chi connectivity index (χ3v) is 3.43. The minimum atomic E-state index is -0.654. The summed E-state index contributed by atoms with van der Waals surface area (Å²) in [6.07, 6.45) is -0.654. The molecule has 0 aromatic heterocycles. The van der Waals surface area contributed by atoms with Crippen LogP contribution in [0, 0.1) is 0 Å². The SMILES string of the molecule is CCOc1ccccc1C(O)c1ccc(C(C)C)cc1. The molecule has 2 aromatic rings. The van der Waals surface area contributed by atoms with Gasteiger partial charge in [0.1, 0.15) is 11.9 Å². The van der Waals surface area contributed by atoms with Crippen molar-refractivity contribution in [3.63, 3.8) is 0 Å². The summed E-state index contributed by atoms with van der Waals surface area (Å²) >= 11 is 0. The Morgan fingerprint density at radius 3 is 2.15 bits per heavy atom. The smallest absolute Gasteiger partial charge is 0.125 e. The van der Waals surface area contributed by atoms with E-state index < -0.39 is 6.10 Å². The normalized spacial score (nSPS) is 12.4. The molecule has 2 aromatic carbocycles. The van der Waals surface area contributed by atoms with Crippen LogP contribution in [0.1, 0.15) is 49.5 Å². The van der Waals surface area contributed by atoms with E-state index >= 15 is 0 Å². The highest BCUT2D eigenvalue weighted by Gasteiger charge is 2.15. The molecule has 2 heteroatoms. The fourth-order valence-electron chi connectivity index (χ4n) is 2.24. The summed E-state index contributed by atoms with van der Waals surface area (Å²) in [6, 6.07) is 15.8. The Morgan fingerprint density at radius 2 is 1.55 bits per heavy atom. The molecular weight excluding hydrogens is 248 g/mol. The van der Waals surface area contributed by atoms with Crippen LogP contribution in [-0.4, -0.2) is 11.7 Å². The van der Waals surface area contributed by atoms with E-state index in [1.807, 2.05) is 43.3 Å². The zero-order valence-electron chi connectivity index (χ0n) is 12.3. The molecule has 0 fully saturated rings. The number of rotatable bonds is 5. The lowest BCUT2D eigenvalue weighted by molar-refractivity contribution is 0.212. The van der Waals surface area contributed by atoms with Crippen LogP contribution in [0.15, 0.2) is 48.5 Å². The number of benzene rings is 2. The maximum Gasteiger partial charge on any atom is 0.125 e. The summed E-state index contributed by atoms with van der Waals surface area (Å²) in [5, 5.41) is 10.5. The Labute approximate surface area is 121 Å². The van der Waals surface area contributed by atoms with Crippen molar-refractivity contribution in [1.82, 2.24) is 0 Å². The molecule has 0 aliphatic heterocycles. The van der Waals surface area contributed by atoms with E-state index in [-0.39, 0.29) is 0 Å². The molecule has 0 radical (unpaired) electrons. The van der Waals surface area contributed by atoms with E-state index in [1.165, 1.54) is 5.56 Å². The Balaban J connectivity index is 2.28. The van der Waals surface area contributed by atoms with Crippen LogP contribution < -0.4 is 4.74 Å². The number of aliphatic hydroxyl groups excluding tert-OH is 1. The van der Waals surface area contributed by atoms with Crippen LogP contribution in [0.2, 0.25) is 0 Å². The lowest BCUT2D eigenvalue weighted by Crippen LogP contribution is -2.04. The van der Waals surface area contributed by atoms with Gasteiger partial charge in [0.2, 0.25) is 0 Å². The first-order valence-electron chi connectivity index (χ1n) is 7.13. The number of hydrogen-bond acceptors (Lipinski definition) is 2. The standard InChI is InChI=1S/C18H22O2/c1-4-20-17-8-6-5-7-16(17)18(19)15-11-9-14(10-12-15)13(2)3/h5-13,18-19H,4H2,1-3H3. The van der Waals surface area contributed by atoms with E-state index in [2.05, 4.69) is 26.0 Å². The zero-order chi connectivity index (χ0) is 14.5. The fourth-order valence-corrected chi connectivity index (χ4v) is 2.24. The Bertz CT molecular complexity index is 544. The van der Waals surface area contributed by atoms with E-state index in [1.54, 1.807) is 0 Å². The van der Waals surface area contributed by atoms with Gasteiger partial charge in [0.05, 0.1) is 6.61 Å². The fraction of sp³-hybridized carbons (Fsp3) is 0.333. The quantitative estimate of drug-likeness (QED) is 0.878. The topological polar surface area (TPSA) is 29.5 Å². The summed E-state index contributed by atoms with van der Waals surface area (Å²) < 4.78 is 5.58. The Hall–Kier alpha value is -1.80. The third kappa shape index (κ3) is 3.20. The van der Waals surface area contributed by atoms with Gasteiger partial charge in [-0.15, -0.1) is 0 Å². The van der Waals surface area contributed by atoms with Crippen LogP contribution in [0.5, 0.6) is 5.75 Å². The molecule has 0 saturated heterocycles. The Kier molecular flexibility index (Phi) is 4.80. The zero-order valence-corrected chi connectivity index (χ0v) is 12.3. The Morgan fingerprint density at radius 1 is 0.950 bits per heavy atom. The van der Waals surface area contributed by atoms with Gasteiger partial charge in [0.15, 0.2) is 0 Å². The monoisotopic (exact) mass is 270 g/mol. The molecule has 0 bridgehead atoms. The highest BCUT2D eigenvalue weighted by Crippen LogP contribution is 2.30. The molecule has 106 valence electrons. The lowest BCUT2D eigenvalue weighted by atomic mass is 9.96. The van der Waals surface area contributed by atoms with E-state index in [4.69, 9.17) is 4.74 Å². The van der Waals surface area contributed by atoms with Gasteiger partial charge in [-0.25, -0.2) is 0 Å². The molecule has 0 aliphatic carbocycles. The third-order valence-electron chi connectivity index (χ3n) is 3.43. The molecule has 0 heterocycles. The van der Waals surface area contributed by atoms with Gasteiger partial charge in [-0.1, -0.05) is 56.3 Å². The van der Waals surface area contributed by atoms with Gasteiger partial charge >= 0.3 is 0 Å². The van der Waals surface area contributed by atoms with E-state index in [9.17, 15) is 5.11 Å². The first-order chi connectivity index (χ1) is 9.63. The molecule has 0 amide bonds. The van der Waals surface area contributed by atoms with Gasteiger partial charge in [0.25, 0.3) is 0 Å². The number of para-hydroxylation sites is 1. The second-order valence-corrected chi connectivity index (χ2v) is 5.19. The predicted octanol–water partition coefficient (Wildman–Crippen LogP) is 4.29. The molecule has 0 spiro atoms. The first kappa shape index (κ1) is 14.6. The predicted molar refractivity (Wildman–Crippen MR) is 82.2 cm³/mol. The van der Waals surface area contributed by atoms with Crippen LogP contribution in [-0.2, 0) is 0 Å². The van der Waals surface area contributed by atoms with Crippen molar-refractivity contribution in [1.29, 1.82) is 0 Å². The van der Waals surface area contributed by atoms with E-state index in [0.717, 1.165) is 16.9 Å². The van der Waals surface area contributed by atoms with Gasteiger partial charge in [-0.3, -0.25) is 0 Å². The average molecular weight is 270 g/mol. The first-order valence-corrected chi connectivity index (χ1v) is 7.13. The van der Waals surface area contributed by atoms with Crippen LogP contribution in [0.3, 0.4) is 0 Å². The second-order valence-electron chi connectivity index (χ2n) is 5.19. The van der Waals surface area contributed by atoms with Gasteiger partial charge < -0.3 is 9.84 Å². The molecule has 0 saturated carbocycles. The number of aliphatic hydroxyl groups is 1. The van der Waals surface area contributed by atoms with Crippen LogP contribution >= 0.6 is 0 Å². The summed E-state index contributed by atoms with van der Waals surface area (Å²) in [6.45, 7) is 6.86. The van der Waals surface area contributed by atoms with Crippen molar-refractivity contribution in [3.8, 4) is 5.75 Å². The van der Waals surface area contributed by atoms with Crippen molar-refractivity contribution < 1.29 is 9.84 Å². The minimum absolute atomic E-state index is 0.497. The number of ether oxygens (including phenoxy) is 1. The highest BCUT2D eigenvalue weighted by molar-refractivity contribution is 5.41. The van der Waals surface area contributed by atoms with Crippen LogP contribution in [0.25, 0.3) is 0 Å². The van der Waals surface area contributed by atoms with Crippen LogP contribution in [0.4, 0.5) is 0 Å². The number of hydrogen-bond donors (Lipinski definition) is 1. The molecule has 1 N–H and O–H groups in total. The minimum Gasteiger partial charge on any atom is -0.493 e. The maximum absolute atomic E-state index is 10.5. The maximum atomic E-state index is 10.5. The van der Waals surface area contributed by atoms with Gasteiger partial charge in [0, 0.05) is 5.56 Å². The second kappa shape index (κ2) is 6.58. The average Bonchev–Trinajstić information content (AvgIpc) is 2.47. The summed E-state index contributed by atoms with van der Waals surface area (Å²) in [5.41, 5.74) is 2.98. The molecule has 1 atom stereocenters. The largest absolute Gasteiger partial charge is 0.493 e. The van der Waals surface area contributed by atoms with Gasteiger partial charge in [-0.2, -0.15) is 0 Å². The van der Waals surface area contributed by atoms with Gasteiger partial charge in [-0.05, 0) is 30.0 Å². The highest BCUT2D eigenvalue weighted by atomic mass is 16.5. The molecule has 20 heavy (non-hydrogen) atoms. The van der Waals surface area contributed by atoms with Crippen molar-refractivity contribution in [3.05, 3.63) is 65.2 Å². The van der Waals surface area contributed by atoms with E-state index in [0.29, 0.717) is 12.5 Å². The van der Waals surface area contributed by atoms with Crippen molar-refractivity contribution in [2.75, 3.05) is 6.61 Å². The van der Waals surface area contributed by atoms with Crippen molar-refractivity contribution >= 4 is 0 Å². The molecule has 1 unspecified atom stereocenters. The molecule has 2 nitrogen and oxygen atoms in total. The molecule has 0 aliphatic rings. The summed E-state index contributed by atoms with van der Waals surface area (Å²) in [4.78, 5) is 0. The molecular formula is C18H22O2. The summed E-state index contributed by atoms with van der Waals surface area (Å²) in [5.74, 6) is 1.24. The lowest BCUT2D eigenvalue weighted by Gasteiger charge is -2.16. The van der Waals surface area contributed by atoms with Crippen molar-refractivity contribution in [2.45, 2.75) is 32.8 Å². The summed E-state index contributed by atoms with van der Waals surface area (Å²) in [7, 11) is 0. The van der Waals surface area contributed by atoms with Crippen molar-refractivity contribution in [2.24, 2.45) is 0 Å². The molecule has 2 rings (SSSR count).